The van der Waals surface area contributed by atoms with E-state index in [1.807, 2.05) is 0 Å². The van der Waals surface area contributed by atoms with Gasteiger partial charge in [0, 0.05) is 5.57 Å². The fourth-order valence-electron chi connectivity index (χ4n) is 0.254. The molecule has 0 rings (SSSR count). The van der Waals surface area contributed by atoms with Crippen LogP contribution in [0.2, 0.25) is 0 Å². The van der Waals surface area contributed by atoms with Gasteiger partial charge in [-0.25, -0.2) is 4.79 Å². The molecule has 0 N–H and O–H groups in total. The molecule has 0 spiro atoms. The van der Waals surface area contributed by atoms with Crippen molar-refractivity contribution in [3.05, 3.63) is 12.2 Å². The highest BCUT2D eigenvalue weighted by atomic mass is 35.5. The lowest BCUT2D eigenvalue weighted by atomic mass is 10.4. The Morgan fingerprint density at radius 2 is 1.91 bits per heavy atom. The third-order valence-electron chi connectivity index (χ3n) is 0.624. The molecule has 0 aromatic heterocycles. The van der Waals surface area contributed by atoms with Crippen LogP contribution in [-0.2, 0) is 9.53 Å². The Hall–Kier alpha value is -0.210. The van der Waals surface area contributed by atoms with Crippen LogP contribution < -0.4 is 0 Å². The molecule has 0 amide bonds. The van der Waals surface area contributed by atoms with E-state index in [2.05, 4.69) is 11.3 Å². The molecule has 0 fully saturated rings. The fraction of sp³-hybridized carbons (Fsp3) is 0.571. The predicted octanol–water partition coefficient (Wildman–Crippen LogP) is 2.55. The second-order valence-electron chi connectivity index (χ2n) is 1.60. The summed E-state index contributed by atoms with van der Waals surface area (Å²) in [5, 5.41) is 0.194. The first-order valence-electron chi connectivity index (χ1n) is 3.04. The second-order valence-corrected chi connectivity index (χ2v) is 2.41. The molecule has 11 heavy (non-hydrogen) atoms. The van der Waals surface area contributed by atoms with Gasteiger partial charge in [0.2, 0.25) is 0 Å². The molecule has 0 saturated carbocycles. The Bertz CT molecular complexity index is 124. The maximum Gasteiger partial charge on any atom is 0.333 e. The quantitative estimate of drug-likeness (QED) is 0.388. The monoisotopic (exact) mass is 198 g/mol. The Balaban J connectivity index is 0. The third kappa shape index (κ3) is 12.9. The van der Waals surface area contributed by atoms with Crippen LogP contribution in [0.4, 0.5) is 0 Å². The highest BCUT2D eigenvalue weighted by Crippen LogP contribution is 1.89. The first-order chi connectivity index (χ1) is 5.09. The summed E-state index contributed by atoms with van der Waals surface area (Å²) in [5.74, 6) is -0.312. The zero-order valence-electron chi connectivity index (χ0n) is 6.69. The van der Waals surface area contributed by atoms with Crippen LogP contribution in [0, 0.1) is 0 Å². The number of ether oxygens (including phenoxy) is 1. The molecule has 0 aromatic rings. The number of rotatable bonds is 2. The molecule has 0 bridgehead atoms. The second kappa shape index (κ2) is 9.79. The predicted molar refractivity (Wildman–Crippen MR) is 48.0 cm³/mol. The van der Waals surface area contributed by atoms with Gasteiger partial charge in [-0.3, -0.25) is 0 Å². The smallest absolute Gasteiger partial charge is 0.333 e. The minimum atomic E-state index is -0.312. The van der Waals surface area contributed by atoms with Gasteiger partial charge in [-0.2, -0.15) is 0 Å². The van der Waals surface area contributed by atoms with Crippen LogP contribution in [0.25, 0.3) is 0 Å². The van der Waals surface area contributed by atoms with Gasteiger partial charge in [-0.05, 0) is 13.8 Å². The van der Waals surface area contributed by atoms with Crippen molar-refractivity contribution >= 4 is 29.2 Å². The van der Waals surface area contributed by atoms with Crippen LogP contribution in [0.5, 0.6) is 0 Å². The fourth-order valence-corrected chi connectivity index (χ4v) is 0.254. The molecule has 0 saturated heterocycles. The first kappa shape index (κ1) is 13.4. The number of hydrogen-bond donors (Lipinski definition) is 0. The normalized spacial score (nSPS) is 7.64. The number of alkyl halides is 2. The first-order valence-corrected chi connectivity index (χ1v) is 4.11. The van der Waals surface area contributed by atoms with E-state index in [4.69, 9.17) is 23.2 Å². The third-order valence-corrected chi connectivity index (χ3v) is 0.624. The van der Waals surface area contributed by atoms with Crippen LogP contribution in [0.3, 0.4) is 0 Å². The summed E-state index contributed by atoms with van der Waals surface area (Å²) in [6.45, 7) is 7.21. The van der Waals surface area contributed by atoms with Crippen molar-refractivity contribution in [2.45, 2.75) is 13.8 Å². The highest BCUT2D eigenvalue weighted by molar-refractivity contribution is 6.40. The van der Waals surface area contributed by atoms with Gasteiger partial charge in [0.15, 0.2) is 0 Å². The molecule has 0 aliphatic heterocycles. The Labute approximate surface area is 77.1 Å². The van der Waals surface area contributed by atoms with E-state index >= 15 is 0 Å². The molecule has 0 unspecified atom stereocenters. The van der Waals surface area contributed by atoms with E-state index in [9.17, 15) is 4.79 Å². The van der Waals surface area contributed by atoms with E-state index in [1.165, 1.54) is 0 Å². The summed E-state index contributed by atoms with van der Waals surface area (Å²) >= 11 is 9.53. The highest BCUT2D eigenvalue weighted by Gasteiger charge is 1.98. The Morgan fingerprint density at radius 3 is 2.00 bits per heavy atom. The number of hydrogen-bond acceptors (Lipinski definition) is 2. The van der Waals surface area contributed by atoms with Crippen LogP contribution >= 0.6 is 23.2 Å². The maximum atomic E-state index is 10.4. The number of halogens is 2. The van der Waals surface area contributed by atoms with Gasteiger partial charge < -0.3 is 4.74 Å². The van der Waals surface area contributed by atoms with E-state index in [0.717, 1.165) is 0 Å². The average Bonchev–Trinajstić information content (AvgIpc) is 1.90. The summed E-state index contributed by atoms with van der Waals surface area (Å²) in [6.07, 6.45) is 0. The van der Waals surface area contributed by atoms with E-state index < -0.39 is 0 Å². The minimum absolute atomic E-state index is 0.194. The largest absolute Gasteiger partial charge is 0.463 e. The molecule has 0 radical (unpaired) electrons. The van der Waals surface area contributed by atoms with Gasteiger partial charge in [-0.1, -0.05) is 6.58 Å². The van der Waals surface area contributed by atoms with Gasteiger partial charge in [0.25, 0.3) is 0 Å². The summed E-state index contributed by atoms with van der Waals surface area (Å²) in [6, 6.07) is 0. The topological polar surface area (TPSA) is 26.3 Å². The number of carbonyl (C=O) groups excluding carboxylic acids is 1. The molecule has 4 heteroatoms. The van der Waals surface area contributed by atoms with E-state index in [-0.39, 0.29) is 11.3 Å². The molecule has 0 aromatic carbocycles. The maximum absolute atomic E-state index is 10.4. The summed E-state index contributed by atoms with van der Waals surface area (Å²) < 4.78 is 4.56. The summed E-state index contributed by atoms with van der Waals surface area (Å²) in [4.78, 5) is 10.4. The van der Waals surface area contributed by atoms with E-state index in [1.54, 1.807) is 13.8 Å². The lowest BCUT2D eigenvalue weighted by Crippen LogP contribution is -2.03. The zero-order valence-corrected chi connectivity index (χ0v) is 8.21. The zero-order chi connectivity index (χ0) is 9.28. The van der Waals surface area contributed by atoms with E-state index in [0.29, 0.717) is 12.2 Å². The molecule has 0 atom stereocenters. The van der Waals surface area contributed by atoms with Crippen molar-refractivity contribution in [3.8, 4) is 0 Å². The van der Waals surface area contributed by atoms with Gasteiger partial charge in [0.05, 0.1) is 11.9 Å². The Morgan fingerprint density at radius 1 is 1.55 bits per heavy atom. The van der Waals surface area contributed by atoms with Gasteiger partial charge in [-0.15, -0.1) is 23.2 Å². The van der Waals surface area contributed by atoms with Crippen LogP contribution in [-0.4, -0.2) is 17.9 Å². The SMILES string of the molecule is C=C(C)C(=O)OCC.ClCCl. The minimum Gasteiger partial charge on any atom is -0.463 e. The molecule has 66 valence electrons. The van der Waals surface area contributed by atoms with Crippen molar-refractivity contribution in [3.63, 3.8) is 0 Å². The lowest BCUT2D eigenvalue weighted by molar-refractivity contribution is -0.138. The molecule has 0 aliphatic carbocycles. The van der Waals surface area contributed by atoms with Crippen molar-refractivity contribution < 1.29 is 9.53 Å². The van der Waals surface area contributed by atoms with Crippen LogP contribution in [0.1, 0.15) is 13.8 Å². The number of esters is 1. The van der Waals surface area contributed by atoms with Crippen LogP contribution in [0.15, 0.2) is 12.2 Å². The molecule has 2 nitrogen and oxygen atoms in total. The van der Waals surface area contributed by atoms with Crippen molar-refractivity contribution in [2.24, 2.45) is 0 Å². The molecular formula is C7H12Cl2O2. The average molecular weight is 199 g/mol. The lowest BCUT2D eigenvalue weighted by Gasteiger charge is -1.96. The summed E-state index contributed by atoms with van der Waals surface area (Å²) in [7, 11) is 0. The Kier molecular flexibility index (Phi) is 11.9. The van der Waals surface area contributed by atoms with Crippen molar-refractivity contribution in [2.75, 3.05) is 11.9 Å². The molecular weight excluding hydrogens is 187 g/mol. The van der Waals surface area contributed by atoms with Crippen molar-refractivity contribution in [1.29, 1.82) is 0 Å². The standard InChI is InChI=1S/C6H10O2.CH2Cl2/c1-4-8-6(7)5(2)3;2-1-3/h2,4H2,1,3H3;1H2. The summed E-state index contributed by atoms with van der Waals surface area (Å²) in [5.41, 5.74) is 0.451. The molecule has 0 aliphatic rings. The number of carbonyl (C=O) groups is 1. The van der Waals surface area contributed by atoms with Crippen molar-refractivity contribution in [1.82, 2.24) is 0 Å². The van der Waals surface area contributed by atoms with Gasteiger partial charge in [0.1, 0.15) is 0 Å². The van der Waals surface area contributed by atoms with Gasteiger partial charge >= 0.3 is 5.97 Å². The molecule has 0 heterocycles.